The number of amides is 3. The van der Waals surface area contributed by atoms with Gasteiger partial charge in [-0.1, -0.05) is 0 Å². The topological polar surface area (TPSA) is 291 Å². The molecule has 15 N–H and O–H groups in total. The van der Waals surface area contributed by atoms with Crippen LogP contribution in [0.15, 0.2) is 9.98 Å². The number of nitrogens with two attached hydrogens (primary N) is 5. The number of carbonyl (C=O) groups excluding carboxylic acids is 3. The highest BCUT2D eigenvalue weighted by atomic mass is 16.4. The first kappa shape index (κ1) is 33.4. The molecule has 222 valence electrons. The second-order valence-corrected chi connectivity index (χ2v) is 9.35. The molecule has 4 unspecified atom stereocenters. The fourth-order valence-corrected chi connectivity index (χ4v) is 4.02. The van der Waals surface area contributed by atoms with Gasteiger partial charge in [0.25, 0.3) is 0 Å². The maximum atomic E-state index is 13.3. The number of nitrogens with one attached hydrogen (secondary N) is 4. The van der Waals surface area contributed by atoms with Gasteiger partial charge in [0.1, 0.15) is 18.1 Å². The van der Waals surface area contributed by atoms with Crippen LogP contribution in [0.25, 0.3) is 0 Å². The largest absolute Gasteiger partial charge is 0.480 e. The van der Waals surface area contributed by atoms with Crippen LogP contribution < -0.4 is 49.9 Å². The highest BCUT2D eigenvalue weighted by Gasteiger charge is 2.31. The van der Waals surface area contributed by atoms with Crippen LogP contribution in [-0.4, -0.2) is 91.1 Å². The Hall–Kier alpha value is -3.66. The predicted octanol–water partition coefficient (Wildman–Crippen LogP) is -3.49. The summed E-state index contributed by atoms with van der Waals surface area (Å²) in [7, 11) is 0. The van der Waals surface area contributed by atoms with Crippen molar-refractivity contribution < 1.29 is 24.3 Å². The number of carboxylic acids is 1. The molecule has 1 heterocycles. The number of carbonyl (C=O) groups is 4. The highest BCUT2D eigenvalue weighted by molar-refractivity contribution is 5.94. The Morgan fingerprint density at radius 1 is 0.795 bits per heavy atom. The van der Waals surface area contributed by atoms with E-state index in [-0.39, 0.29) is 50.2 Å². The van der Waals surface area contributed by atoms with E-state index in [0.29, 0.717) is 45.2 Å². The van der Waals surface area contributed by atoms with E-state index >= 15 is 0 Å². The van der Waals surface area contributed by atoms with Crippen LogP contribution in [0, 0.1) is 0 Å². The van der Waals surface area contributed by atoms with E-state index in [0.717, 1.165) is 6.42 Å². The monoisotopic (exact) mass is 555 g/mol. The highest BCUT2D eigenvalue weighted by Crippen LogP contribution is 2.09. The Kier molecular flexibility index (Phi) is 15.9. The van der Waals surface area contributed by atoms with Gasteiger partial charge in [0.2, 0.25) is 17.7 Å². The van der Waals surface area contributed by atoms with Crippen molar-refractivity contribution in [1.82, 2.24) is 21.3 Å². The minimum Gasteiger partial charge on any atom is -0.480 e. The maximum absolute atomic E-state index is 13.3. The van der Waals surface area contributed by atoms with E-state index in [9.17, 15) is 24.3 Å². The van der Waals surface area contributed by atoms with E-state index in [2.05, 4.69) is 31.3 Å². The molecule has 16 nitrogen and oxygen atoms in total. The van der Waals surface area contributed by atoms with Crippen molar-refractivity contribution in [3.63, 3.8) is 0 Å². The molecule has 1 aliphatic rings. The lowest BCUT2D eigenvalue weighted by atomic mass is 10.0. The van der Waals surface area contributed by atoms with Crippen molar-refractivity contribution in [2.75, 3.05) is 26.2 Å². The van der Waals surface area contributed by atoms with Crippen LogP contribution in [0.3, 0.4) is 0 Å². The number of unbranched alkanes of at least 4 members (excludes halogenated alkanes) is 1. The normalized spacial score (nSPS) is 16.8. The third kappa shape index (κ3) is 14.2. The Balaban J connectivity index is 2.94. The van der Waals surface area contributed by atoms with E-state index in [4.69, 9.17) is 28.7 Å². The average Bonchev–Trinajstić information content (AvgIpc) is 3.41. The molecule has 3 amide bonds. The zero-order valence-corrected chi connectivity index (χ0v) is 22.4. The standard InChI is InChI=1S/C23H45N11O5/c24-10-2-1-6-15(20(37)34-17(21(38)39)9-5-13-31-23(27)28)33-19(36)16(8-4-12-30-22(25)26)32-18(35)14-7-3-11-29-14/h14-17,29H,1-13,24H2,(H,32,35)(H,33,36)(H,34,37)(H,38,39)(H4,25,26,30)(H4,27,28,31). The van der Waals surface area contributed by atoms with Crippen molar-refractivity contribution in [3.05, 3.63) is 0 Å². The van der Waals surface area contributed by atoms with E-state index < -0.39 is 42.0 Å². The maximum Gasteiger partial charge on any atom is 0.326 e. The van der Waals surface area contributed by atoms with Gasteiger partial charge in [-0.25, -0.2) is 4.79 Å². The molecular formula is C23H45N11O5. The quantitative estimate of drug-likeness (QED) is 0.0424. The lowest BCUT2D eigenvalue weighted by molar-refractivity contribution is -0.142. The molecule has 4 atom stereocenters. The van der Waals surface area contributed by atoms with Crippen molar-refractivity contribution >= 4 is 35.6 Å². The minimum atomic E-state index is -1.23. The summed E-state index contributed by atoms with van der Waals surface area (Å²) in [6, 6.07) is -3.60. The summed E-state index contributed by atoms with van der Waals surface area (Å²) >= 11 is 0. The number of guanidine groups is 2. The van der Waals surface area contributed by atoms with Crippen molar-refractivity contribution in [2.24, 2.45) is 38.7 Å². The van der Waals surface area contributed by atoms with Gasteiger partial charge in [0, 0.05) is 13.1 Å². The number of rotatable bonds is 19. The number of hydrogen-bond donors (Lipinski definition) is 10. The zero-order valence-electron chi connectivity index (χ0n) is 22.4. The van der Waals surface area contributed by atoms with Crippen molar-refractivity contribution in [2.45, 2.75) is 82.0 Å². The SMILES string of the molecule is NCCCCC(NC(=O)C(CCCN=C(N)N)NC(=O)C1CCCN1)C(=O)NC(CCCN=C(N)N)C(=O)O. The summed E-state index contributed by atoms with van der Waals surface area (Å²) in [4.78, 5) is 58.5. The Morgan fingerprint density at radius 2 is 1.31 bits per heavy atom. The van der Waals surface area contributed by atoms with E-state index in [1.54, 1.807) is 0 Å². The molecule has 0 aliphatic carbocycles. The number of hydrogen-bond acceptors (Lipinski definition) is 8. The number of aliphatic imine (C=N–C) groups is 2. The van der Waals surface area contributed by atoms with Crippen LogP contribution in [0.5, 0.6) is 0 Å². The summed E-state index contributed by atoms with van der Waals surface area (Å²) in [6.45, 7) is 1.56. The number of carboxylic acid groups (broad SMARTS) is 1. The first-order valence-corrected chi connectivity index (χ1v) is 13.2. The van der Waals surface area contributed by atoms with E-state index in [1.807, 2.05) is 0 Å². The van der Waals surface area contributed by atoms with Crippen LogP contribution in [-0.2, 0) is 19.2 Å². The molecule has 0 aromatic carbocycles. The fraction of sp³-hybridized carbons (Fsp3) is 0.739. The van der Waals surface area contributed by atoms with Crippen LogP contribution in [0.1, 0.15) is 57.8 Å². The van der Waals surface area contributed by atoms with Gasteiger partial charge in [-0.15, -0.1) is 0 Å². The molecule has 0 bridgehead atoms. The first-order chi connectivity index (χ1) is 18.5. The number of nitrogens with zero attached hydrogens (tertiary/aromatic N) is 2. The zero-order chi connectivity index (χ0) is 29.2. The third-order valence-electron chi connectivity index (χ3n) is 6.09. The minimum absolute atomic E-state index is 0.0825. The van der Waals surface area contributed by atoms with Gasteiger partial charge in [-0.05, 0) is 70.9 Å². The molecule has 0 aromatic heterocycles. The summed E-state index contributed by atoms with van der Waals surface area (Å²) in [5, 5.41) is 20.6. The lowest BCUT2D eigenvalue weighted by Gasteiger charge is -2.25. The molecule has 1 fully saturated rings. The van der Waals surface area contributed by atoms with Gasteiger partial charge in [0.05, 0.1) is 6.04 Å². The van der Waals surface area contributed by atoms with Gasteiger partial charge >= 0.3 is 5.97 Å². The summed E-state index contributed by atoms with van der Waals surface area (Å²) in [6.07, 6.45) is 3.87. The molecule has 1 aliphatic heterocycles. The predicted molar refractivity (Wildman–Crippen MR) is 147 cm³/mol. The van der Waals surface area contributed by atoms with Crippen LogP contribution in [0.2, 0.25) is 0 Å². The second-order valence-electron chi connectivity index (χ2n) is 9.35. The average molecular weight is 556 g/mol. The van der Waals surface area contributed by atoms with Gasteiger partial charge in [-0.3, -0.25) is 24.4 Å². The van der Waals surface area contributed by atoms with Crippen LogP contribution >= 0.6 is 0 Å². The molecule has 1 saturated heterocycles. The Morgan fingerprint density at radius 3 is 1.79 bits per heavy atom. The molecule has 0 radical (unpaired) electrons. The molecule has 39 heavy (non-hydrogen) atoms. The Bertz CT molecular complexity index is 853. The first-order valence-electron chi connectivity index (χ1n) is 13.2. The fourth-order valence-electron chi connectivity index (χ4n) is 4.02. The molecule has 16 heteroatoms. The smallest absolute Gasteiger partial charge is 0.326 e. The molecular weight excluding hydrogens is 510 g/mol. The Labute approximate surface area is 228 Å². The van der Waals surface area contributed by atoms with Gasteiger partial charge in [0.15, 0.2) is 11.9 Å². The second kappa shape index (κ2) is 18.6. The summed E-state index contributed by atoms with van der Waals surface area (Å²) < 4.78 is 0. The molecule has 1 rings (SSSR count). The summed E-state index contributed by atoms with van der Waals surface area (Å²) in [5.74, 6) is -2.97. The molecule has 0 saturated carbocycles. The lowest BCUT2D eigenvalue weighted by Crippen LogP contribution is -2.57. The summed E-state index contributed by atoms with van der Waals surface area (Å²) in [5.41, 5.74) is 26.9. The van der Waals surface area contributed by atoms with Crippen molar-refractivity contribution in [1.29, 1.82) is 0 Å². The van der Waals surface area contributed by atoms with Crippen molar-refractivity contribution in [3.8, 4) is 0 Å². The molecule has 0 spiro atoms. The van der Waals surface area contributed by atoms with E-state index in [1.165, 1.54) is 0 Å². The van der Waals surface area contributed by atoms with Gasteiger partial charge < -0.3 is 55.0 Å². The molecule has 0 aromatic rings. The van der Waals surface area contributed by atoms with Crippen LogP contribution in [0.4, 0.5) is 0 Å². The van der Waals surface area contributed by atoms with Gasteiger partial charge in [-0.2, -0.15) is 0 Å². The third-order valence-corrected chi connectivity index (χ3v) is 6.09. The number of aliphatic carboxylic acids is 1.